The molecular weight excluding hydrogens is 456 g/mol. The number of carbonyl (C=O) groups excluding carboxylic acids is 1. The number of nitrogens with one attached hydrogen (secondary N) is 2. The molecule has 3 aromatic heterocycles. The lowest BCUT2D eigenvalue weighted by Gasteiger charge is -2.29. The molecule has 1 amide bonds. The fraction of sp³-hybridized carbons (Fsp3) is 0.375. The molecule has 3 heterocycles. The molecule has 1 fully saturated rings. The molecule has 11 heteroatoms. The third kappa shape index (κ3) is 5.13. The number of nitrogens with zero attached hydrogens (tertiary/aromatic N) is 5. The van der Waals surface area contributed by atoms with Crippen molar-refractivity contribution in [1.29, 1.82) is 0 Å². The molecule has 1 saturated carbocycles. The average Bonchev–Trinajstić information content (AvgIpc) is 3.27. The van der Waals surface area contributed by atoms with Crippen molar-refractivity contribution in [3.05, 3.63) is 42.9 Å². The molecule has 0 spiro atoms. The SMILES string of the molecule is CC(=O)NC1CCC(Nc2nc(OCC(F)F)c3c(-c4ccc5nccnc5c4)ccn3n2)CC1. The van der Waals surface area contributed by atoms with E-state index in [-0.39, 0.29) is 23.9 Å². The second-order valence-corrected chi connectivity index (χ2v) is 8.62. The predicted octanol–water partition coefficient (Wildman–Crippen LogP) is 3.84. The van der Waals surface area contributed by atoms with Crippen LogP contribution in [0.5, 0.6) is 5.88 Å². The number of amides is 1. The Kier molecular flexibility index (Phi) is 6.39. The number of anilines is 1. The van der Waals surface area contributed by atoms with Crippen LogP contribution in [-0.4, -0.2) is 55.6 Å². The van der Waals surface area contributed by atoms with Crippen molar-refractivity contribution in [1.82, 2.24) is 29.9 Å². The minimum atomic E-state index is -2.64. The number of hydrogen-bond donors (Lipinski definition) is 2. The van der Waals surface area contributed by atoms with Gasteiger partial charge < -0.3 is 15.4 Å². The van der Waals surface area contributed by atoms with E-state index in [9.17, 15) is 13.6 Å². The van der Waals surface area contributed by atoms with Gasteiger partial charge in [0.05, 0.1) is 11.0 Å². The van der Waals surface area contributed by atoms with Crippen LogP contribution in [-0.2, 0) is 4.79 Å². The molecule has 9 nitrogen and oxygen atoms in total. The summed E-state index contributed by atoms with van der Waals surface area (Å²) in [7, 11) is 0. The first-order valence-corrected chi connectivity index (χ1v) is 11.5. The number of aromatic nitrogens is 5. The van der Waals surface area contributed by atoms with Crippen molar-refractivity contribution in [3.8, 4) is 17.0 Å². The zero-order valence-corrected chi connectivity index (χ0v) is 19.1. The normalized spacial score (nSPS) is 18.2. The maximum absolute atomic E-state index is 13.0. The summed E-state index contributed by atoms with van der Waals surface area (Å²) < 4.78 is 33.1. The van der Waals surface area contributed by atoms with E-state index in [0.717, 1.165) is 42.3 Å². The molecule has 2 N–H and O–H groups in total. The lowest BCUT2D eigenvalue weighted by molar-refractivity contribution is -0.119. The molecule has 0 atom stereocenters. The minimum Gasteiger partial charge on any atom is -0.470 e. The van der Waals surface area contributed by atoms with Crippen LogP contribution in [0.4, 0.5) is 14.7 Å². The minimum absolute atomic E-state index is 0.0297. The Hall–Kier alpha value is -3.89. The van der Waals surface area contributed by atoms with E-state index < -0.39 is 13.0 Å². The van der Waals surface area contributed by atoms with Gasteiger partial charge in [0.1, 0.15) is 5.52 Å². The molecule has 0 saturated heterocycles. The number of alkyl halides is 2. The fourth-order valence-electron chi connectivity index (χ4n) is 4.51. The molecular formula is C24H25F2N7O2. The molecule has 182 valence electrons. The van der Waals surface area contributed by atoms with Gasteiger partial charge in [-0.15, -0.1) is 5.10 Å². The summed E-state index contributed by atoms with van der Waals surface area (Å²) in [4.78, 5) is 24.4. The Morgan fingerprint density at radius 2 is 1.86 bits per heavy atom. The van der Waals surface area contributed by atoms with Crippen LogP contribution in [0, 0.1) is 0 Å². The van der Waals surface area contributed by atoms with Crippen LogP contribution in [0.15, 0.2) is 42.9 Å². The van der Waals surface area contributed by atoms with Gasteiger partial charge in [0, 0.05) is 43.2 Å². The Bertz CT molecular complexity index is 1350. The second-order valence-electron chi connectivity index (χ2n) is 8.62. The van der Waals surface area contributed by atoms with Gasteiger partial charge in [0.2, 0.25) is 17.7 Å². The quantitative estimate of drug-likeness (QED) is 0.413. The van der Waals surface area contributed by atoms with Gasteiger partial charge in [-0.05, 0) is 49.4 Å². The average molecular weight is 482 g/mol. The molecule has 1 aliphatic rings. The third-order valence-corrected chi connectivity index (χ3v) is 6.07. The van der Waals surface area contributed by atoms with E-state index in [4.69, 9.17) is 4.74 Å². The van der Waals surface area contributed by atoms with Gasteiger partial charge >= 0.3 is 0 Å². The van der Waals surface area contributed by atoms with E-state index in [0.29, 0.717) is 17.0 Å². The van der Waals surface area contributed by atoms with Gasteiger partial charge in [-0.1, -0.05) is 6.07 Å². The molecule has 0 radical (unpaired) electrons. The van der Waals surface area contributed by atoms with Gasteiger partial charge in [0.25, 0.3) is 6.43 Å². The Morgan fingerprint density at radius 1 is 1.11 bits per heavy atom. The molecule has 0 unspecified atom stereocenters. The van der Waals surface area contributed by atoms with Crippen molar-refractivity contribution in [2.75, 3.05) is 11.9 Å². The Balaban J connectivity index is 1.45. The molecule has 1 aliphatic carbocycles. The Labute approximate surface area is 199 Å². The van der Waals surface area contributed by atoms with Gasteiger partial charge in [-0.2, -0.15) is 4.98 Å². The highest BCUT2D eigenvalue weighted by atomic mass is 19.3. The summed E-state index contributed by atoms with van der Waals surface area (Å²) in [5.74, 6) is 0.350. The van der Waals surface area contributed by atoms with Gasteiger partial charge in [-0.25, -0.2) is 13.3 Å². The topological polar surface area (TPSA) is 106 Å². The molecule has 0 aliphatic heterocycles. The highest BCUT2D eigenvalue weighted by Crippen LogP contribution is 2.33. The van der Waals surface area contributed by atoms with Crippen molar-refractivity contribution < 1.29 is 18.3 Å². The van der Waals surface area contributed by atoms with Crippen molar-refractivity contribution in [3.63, 3.8) is 0 Å². The largest absolute Gasteiger partial charge is 0.470 e. The maximum atomic E-state index is 13.0. The van der Waals surface area contributed by atoms with Gasteiger partial charge in [-0.3, -0.25) is 14.8 Å². The first kappa shape index (κ1) is 22.9. The smallest absolute Gasteiger partial charge is 0.272 e. The summed E-state index contributed by atoms with van der Waals surface area (Å²) in [5.41, 5.74) is 3.53. The second kappa shape index (κ2) is 9.77. The molecule has 0 bridgehead atoms. The van der Waals surface area contributed by atoms with E-state index in [1.807, 2.05) is 24.3 Å². The van der Waals surface area contributed by atoms with E-state index >= 15 is 0 Å². The lowest BCUT2D eigenvalue weighted by atomic mass is 9.91. The number of carbonyl (C=O) groups is 1. The van der Waals surface area contributed by atoms with Crippen LogP contribution in [0.3, 0.4) is 0 Å². The van der Waals surface area contributed by atoms with E-state index in [2.05, 4.69) is 30.7 Å². The number of rotatable bonds is 7. The lowest BCUT2D eigenvalue weighted by Crippen LogP contribution is -2.39. The van der Waals surface area contributed by atoms with Crippen LogP contribution >= 0.6 is 0 Å². The van der Waals surface area contributed by atoms with Crippen LogP contribution in [0.1, 0.15) is 32.6 Å². The maximum Gasteiger partial charge on any atom is 0.272 e. The molecule has 5 rings (SSSR count). The molecule has 4 aromatic rings. The summed E-state index contributed by atoms with van der Waals surface area (Å²) in [6, 6.07) is 7.75. The third-order valence-electron chi connectivity index (χ3n) is 6.07. The number of halogens is 2. The highest BCUT2D eigenvalue weighted by molar-refractivity contribution is 5.89. The summed E-state index contributed by atoms with van der Waals surface area (Å²) >= 11 is 0. The fourth-order valence-corrected chi connectivity index (χ4v) is 4.51. The standard InChI is InChI=1S/C24H25F2N7O2/c1-14(34)29-16-3-5-17(6-4-16)30-24-31-23(35-13-21(25)26)22-18(8-11-33(22)32-24)15-2-7-19-20(12-15)28-10-9-27-19/h2,7-12,16-17,21H,3-6,13H2,1H3,(H,29,34)(H,30,32). The molecule has 35 heavy (non-hydrogen) atoms. The van der Waals surface area contributed by atoms with Crippen molar-refractivity contribution in [2.45, 2.75) is 51.1 Å². The zero-order chi connectivity index (χ0) is 24.4. The number of ether oxygens (including phenoxy) is 1. The predicted molar refractivity (Wildman–Crippen MR) is 127 cm³/mol. The van der Waals surface area contributed by atoms with Gasteiger partial charge in [0.15, 0.2) is 6.61 Å². The van der Waals surface area contributed by atoms with Crippen LogP contribution in [0.2, 0.25) is 0 Å². The monoisotopic (exact) mass is 481 g/mol. The first-order chi connectivity index (χ1) is 17.0. The summed E-state index contributed by atoms with van der Waals surface area (Å²) in [6.45, 7) is 0.743. The summed E-state index contributed by atoms with van der Waals surface area (Å²) in [6.07, 6.45) is 5.69. The number of benzene rings is 1. The van der Waals surface area contributed by atoms with Crippen LogP contribution in [0.25, 0.3) is 27.7 Å². The van der Waals surface area contributed by atoms with Crippen molar-refractivity contribution in [2.24, 2.45) is 0 Å². The van der Waals surface area contributed by atoms with Crippen LogP contribution < -0.4 is 15.4 Å². The Morgan fingerprint density at radius 3 is 2.60 bits per heavy atom. The molecule has 1 aromatic carbocycles. The van der Waals surface area contributed by atoms with E-state index in [1.54, 1.807) is 23.1 Å². The summed E-state index contributed by atoms with van der Waals surface area (Å²) in [5, 5.41) is 10.8. The first-order valence-electron chi connectivity index (χ1n) is 11.5. The number of fused-ring (bicyclic) bond motifs is 2. The zero-order valence-electron chi connectivity index (χ0n) is 19.1. The highest BCUT2D eigenvalue weighted by Gasteiger charge is 2.23. The van der Waals surface area contributed by atoms with E-state index in [1.165, 1.54) is 6.92 Å². The van der Waals surface area contributed by atoms with Crippen molar-refractivity contribution >= 4 is 28.4 Å². The number of hydrogen-bond acceptors (Lipinski definition) is 7.